The van der Waals surface area contributed by atoms with E-state index in [9.17, 15) is 14.9 Å². The van der Waals surface area contributed by atoms with Gasteiger partial charge in [-0.1, -0.05) is 31.2 Å². The van der Waals surface area contributed by atoms with Gasteiger partial charge in [0, 0.05) is 17.7 Å². The molecule has 0 bridgehead atoms. The highest BCUT2D eigenvalue weighted by atomic mass is 16.6. The molecule has 6 heteroatoms. The minimum atomic E-state index is -0.510. The highest BCUT2D eigenvalue weighted by molar-refractivity contribution is 6.00. The number of non-ortho nitro benzene ring substituents is 1. The van der Waals surface area contributed by atoms with Crippen molar-refractivity contribution < 1.29 is 9.72 Å². The monoisotopic (exact) mass is 311 g/mol. The fourth-order valence-corrected chi connectivity index (χ4v) is 1.98. The minimum Gasteiger partial charge on any atom is -0.267 e. The van der Waals surface area contributed by atoms with Crippen LogP contribution in [0.4, 0.5) is 5.69 Å². The van der Waals surface area contributed by atoms with Crippen molar-refractivity contribution in [1.29, 1.82) is 0 Å². The fraction of sp³-hybridized carbons (Fsp3) is 0.176. The summed E-state index contributed by atoms with van der Waals surface area (Å²) in [5.41, 5.74) is 5.55. The van der Waals surface area contributed by atoms with Gasteiger partial charge in [0.2, 0.25) is 0 Å². The summed E-state index contributed by atoms with van der Waals surface area (Å²) in [5, 5.41) is 14.6. The van der Waals surface area contributed by atoms with Crippen LogP contribution in [0.2, 0.25) is 0 Å². The van der Waals surface area contributed by atoms with E-state index in [1.54, 1.807) is 6.92 Å². The number of rotatable bonds is 5. The summed E-state index contributed by atoms with van der Waals surface area (Å²) in [4.78, 5) is 22.0. The lowest BCUT2D eigenvalue weighted by molar-refractivity contribution is -0.384. The molecule has 0 radical (unpaired) electrons. The first kappa shape index (κ1) is 16.4. The summed E-state index contributed by atoms with van der Waals surface area (Å²) in [6.07, 6.45) is 0.966. The standard InChI is InChI=1S/C17H17N3O3/c1-3-13-4-6-14(7-5-13)12(2)18-19-17(21)15-8-10-16(11-9-15)20(22)23/h4-11H,3H2,1-2H3,(H,19,21). The molecule has 6 nitrogen and oxygen atoms in total. The van der Waals surface area contributed by atoms with Gasteiger partial charge in [0.05, 0.1) is 10.6 Å². The van der Waals surface area contributed by atoms with Crippen molar-refractivity contribution in [3.63, 3.8) is 0 Å². The van der Waals surface area contributed by atoms with Crippen molar-refractivity contribution in [1.82, 2.24) is 5.43 Å². The molecular weight excluding hydrogens is 294 g/mol. The van der Waals surface area contributed by atoms with Crippen LogP contribution in [0, 0.1) is 10.1 Å². The van der Waals surface area contributed by atoms with Crippen LogP contribution in [0.15, 0.2) is 53.6 Å². The predicted octanol–water partition coefficient (Wildman–Crippen LogP) is 3.31. The average molecular weight is 311 g/mol. The Hall–Kier alpha value is -3.02. The Morgan fingerprint density at radius 2 is 1.65 bits per heavy atom. The number of nitrogens with zero attached hydrogens (tertiary/aromatic N) is 2. The van der Waals surface area contributed by atoms with Crippen LogP contribution >= 0.6 is 0 Å². The number of nitro benzene ring substituents is 1. The molecule has 2 rings (SSSR count). The predicted molar refractivity (Wildman–Crippen MR) is 88.6 cm³/mol. The molecule has 0 aliphatic carbocycles. The summed E-state index contributed by atoms with van der Waals surface area (Å²) in [7, 11) is 0. The molecule has 0 heterocycles. The third kappa shape index (κ3) is 4.23. The van der Waals surface area contributed by atoms with E-state index < -0.39 is 10.8 Å². The summed E-state index contributed by atoms with van der Waals surface area (Å²) >= 11 is 0. The van der Waals surface area contributed by atoms with E-state index in [0.29, 0.717) is 11.3 Å². The second-order valence-corrected chi connectivity index (χ2v) is 4.99. The number of nitrogens with one attached hydrogen (secondary N) is 1. The van der Waals surface area contributed by atoms with Gasteiger partial charge >= 0.3 is 0 Å². The molecule has 0 atom stereocenters. The maximum absolute atomic E-state index is 12.0. The topological polar surface area (TPSA) is 84.6 Å². The van der Waals surface area contributed by atoms with Gasteiger partial charge in [0.25, 0.3) is 11.6 Å². The Kier molecular flexibility index (Phi) is 5.19. The van der Waals surface area contributed by atoms with Gasteiger partial charge < -0.3 is 0 Å². The Labute approximate surface area is 134 Å². The van der Waals surface area contributed by atoms with Crippen LogP contribution in [0.3, 0.4) is 0 Å². The Balaban J connectivity index is 2.05. The Morgan fingerprint density at radius 1 is 1.09 bits per heavy atom. The van der Waals surface area contributed by atoms with Crippen molar-refractivity contribution in [2.75, 3.05) is 0 Å². The molecule has 1 N–H and O–H groups in total. The smallest absolute Gasteiger partial charge is 0.267 e. The molecule has 0 aliphatic rings. The highest BCUT2D eigenvalue weighted by Crippen LogP contribution is 2.12. The van der Waals surface area contributed by atoms with Crippen LogP contribution in [-0.2, 0) is 6.42 Å². The normalized spacial score (nSPS) is 11.1. The van der Waals surface area contributed by atoms with Gasteiger partial charge in [0.1, 0.15) is 0 Å². The third-order valence-electron chi connectivity index (χ3n) is 3.45. The third-order valence-corrected chi connectivity index (χ3v) is 3.45. The number of carbonyl (C=O) groups is 1. The Morgan fingerprint density at radius 3 is 2.17 bits per heavy atom. The van der Waals surface area contributed by atoms with Crippen LogP contribution in [0.25, 0.3) is 0 Å². The molecule has 0 fully saturated rings. The maximum Gasteiger partial charge on any atom is 0.271 e. The van der Waals surface area contributed by atoms with E-state index in [-0.39, 0.29) is 5.69 Å². The van der Waals surface area contributed by atoms with E-state index >= 15 is 0 Å². The second-order valence-electron chi connectivity index (χ2n) is 4.99. The molecule has 0 saturated carbocycles. The van der Waals surface area contributed by atoms with Crippen molar-refractivity contribution in [2.45, 2.75) is 20.3 Å². The zero-order valence-corrected chi connectivity index (χ0v) is 12.9. The maximum atomic E-state index is 12.0. The van der Waals surface area contributed by atoms with Crippen LogP contribution in [0.5, 0.6) is 0 Å². The summed E-state index contributed by atoms with van der Waals surface area (Å²) in [5.74, 6) is -0.413. The largest absolute Gasteiger partial charge is 0.271 e. The SMILES string of the molecule is CCc1ccc(C(C)=NNC(=O)c2ccc([N+](=O)[O-])cc2)cc1. The molecule has 1 amide bonds. The first-order valence-electron chi connectivity index (χ1n) is 7.19. The average Bonchev–Trinajstić information content (AvgIpc) is 2.59. The lowest BCUT2D eigenvalue weighted by Crippen LogP contribution is -2.19. The number of benzene rings is 2. The van der Waals surface area contributed by atoms with Crippen molar-refractivity contribution in [3.8, 4) is 0 Å². The molecule has 118 valence electrons. The van der Waals surface area contributed by atoms with Gasteiger partial charge in [-0.2, -0.15) is 5.10 Å². The van der Waals surface area contributed by atoms with Gasteiger partial charge in [0.15, 0.2) is 0 Å². The first-order valence-corrected chi connectivity index (χ1v) is 7.19. The number of aryl methyl sites for hydroxylation is 1. The van der Waals surface area contributed by atoms with Crippen molar-refractivity contribution in [3.05, 3.63) is 75.3 Å². The van der Waals surface area contributed by atoms with E-state index in [1.807, 2.05) is 24.3 Å². The molecule has 23 heavy (non-hydrogen) atoms. The van der Waals surface area contributed by atoms with Crippen LogP contribution < -0.4 is 5.43 Å². The quantitative estimate of drug-likeness (QED) is 0.522. The van der Waals surface area contributed by atoms with E-state index in [2.05, 4.69) is 17.5 Å². The fourth-order valence-electron chi connectivity index (χ4n) is 1.98. The number of hydrogen-bond acceptors (Lipinski definition) is 4. The van der Waals surface area contributed by atoms with Crippen LogP contribution in [-0.4, -0.2) is 16.5 Å². The second kappa shape index (κ2) is 7.31. The number of hydrogen-bond donors (Lipinski definition) is 1. The molecule has 0 spiro atoms. The molecule has 2 aromatic rings. The van der Waals surface area contributed by atoms with E-state index in [0.717, 1.165) is 12.0 Å². The number of carbonyl (C=O) groups excluding carboxylic acids is 1. The lowest BCUT2D eigenvalue weighted by atomic mass is 10.1. The number of hydrazone groups is 1. The van der Waals surface area contributed by atoms with Gasteiger partial charge in [-0.3, -0.25) is 14.9 Å². The minimum absolute atomic E-state index is 0.0581. The summed E-state index contributed by atoms with van der Waals surface area (Å²) in [6.45, 7) is 3.89. The molecule has 2 aromatic carbocycles. The van der Waals surface area contributed by atoms with Gasteiger partial charge in [-0.25, -0.2) is 5.43 Å². The van der Waals surface area contributed by atoms with Crippen LogP contribution in [0.1, 0.15) is 35.3 Å². The Bertz CT molecular complexity index is 735. The number of amides is 1. The van der Waals surface area contributed by atoms with Gasteiger partial charge in [-0.05, 0) is 36.6 Å². The van der Waals surface area contributed by atoms with E-state index in [1.165, 1.54) is 29.8 Å². The zero-order chi connectivity index (χ0) is 16.8. The molecule has 0 aromatic heterocycles. The summed E-state index contributed by atoms with van der Waals surface area (Å²) < 4.78 is 0. The molecule has 0 unspecified atom stereocenters. The summed E-state index contributed by atoms with van der Waals surface area (Å²) in [6, 6.07) is 13.3. The molecule has 0 saturated heterocycles. The van der Waals surface area contributed by atoms with Gasteiger partial charge in [-0.15, -0.1) is 0 Å². The molecular formula is C17H17N3O3. The van der Waals surface area contributed by atoms with Crippen molar-refractivity contribution in [2.24, 2.45) is 5.10 Å². The highest BCUT2D eigenvalue weighted by Gasteiger charge is 2.09. The number of nitro groups is 1. The first-order chi connectivity index (χ1) is 11.0. The van der Waals surface area contributed by atoms with E-state index in [4.69, 9.17) is 0 Å². The lowest BCUT2D eigenvalue weighted by Gasteiger charge is -2.04. The van der Waals surface area contributed by atoms with Crippen molar-refractivity contribution >= 4 is 17.3 Å². The zero-order valence-electron chi connectivity index (χ0n) is 12.9. The molecule has 0 aliphatic heterocycles.